The highest BCUT2D eigenvalue weighted by atomic mass is 35.5. The Labute approximate surface area is 227 Å². The zero-order valence-electron chi connectivity index (χ0n) is 20.7. The maximum absolute atomic E-state index is 14.1. The first kappa shape index (κ1) is 27.2. The molecule has 4 nitrogen and oxygen atoms in total. The Morgan fingerprint density at radius 1 is 0.973 bits per heavy atom. The van der Waals surface area contributed by atoms with Gasteiger partial charge in [0.25, 0.3) is 0 Å². The van der Waals surface area contributed by atoms with E-state index in [1.165, 1.54) is 17.8 Å². The topological polar surface area (TPSA) is 49.4 Å². The fraction of sp³-hybridized carbons (Fsp3) is 0.333. The third kappa shape index (κ3) is 8.08. The number of nitrogens with zero attached hydrogens (tertiary/aromatic N) is 1. The molecule has 0 aliphatic heterocycles. The third-order valence-electron chi connectivity index (χ3n) is 6.66. The Morgan fingerprint density at radius 2 is 1.68 bits per heavy atom. The number of rotatable bonds is 11. The van der Waals surface area contributed by atoms with Crippen LogP contribution in [0.2, 0.25) is 5.02 Å². The summed E-state index contributed by atoms with van der Waals surface area (Å²) in [5.41, 5.74) is 2.39. The smallest absolute Gasteiger partial charge is 0.243 e. The third-order valence-corrected chi connectivity index (χ3v) is 7.86. The Morgan fingerprint density at radius 3 is 2.41 bits per heavy atom. The van der Waals surface area contributed by atoms with E-state index in [4.69, 9.17) is 11.6 Å². The molecule has 0 aromatic heterocycles. The summed E-state index contributed by atoms with van der Waals surface area (Å²) in [4.78, 5) is 29.0. The van der Waals surface area contributed by atoms with Crippen LogP contribution in [0.4, 0.5) is 4.39 Å². The fourth-order valence-electron chi connectivity index (χ4n) is 4.70. The van der Waals surface area contributed by atoms with E-state index < -0.39 is 6.04 Å². The molecule has 37 heavy (non-hydrogen) atoms. The summed E-state index contributed by atoms with van der Waals surface area (Å²) in [5, 5.41) is 3.78. The lowest BCUT2D eigenvalue weighted by atomic mass is 10.0. The summed E-state index contributed by atoms with van der Waals surface area (Å²) >= 11 is 7.59. The summed E-state index contributed by atoms with van der Waals surface area (Å²) in [5.74, 6) is -0.0667. The molecule has 3 aromatic carbocycles. The Kier molecular flexibility index (Phi) is 10.0. The van der Waals surface area contributed by atoms with Crippen molar-refractivity contribution < 1.29 is 14.0 Å². The molecule has 0 radical (unpaired) electrons. The maximum atomic E-state index is 14.1. The van der Waals surface area contributed by atoms with Gasteiger partial charge in [0.15, 0.2) is 0 Å². The van der Waals surface area contributed by atoms with Crippen molar-refractivity contribution in [3.05, 3.63) is 106 Å². The van der Waals surface area contributed by atoms with Crippen molar-refractivity contribution in [3.8, 4) is 0 Å². The predicted octanol–water partition coefficient (Wildman–Crippen LogP) is 6.41. The molecule has 3 aromatic rings. The molecule has 0 saturated heterocycles. The van der Waals surface area contributed by atoms with Gasteiger partial charge in [-0.2, -0.15) is 0 Å². The number of carbonyl (C=O) groups is 2. The average Bonchev–Trinajstić information content (AvgIpc) is 3.41. The van der Waals surface area contributed by atoms with E-state index in [-0.39, 0.29) is 36.0 Å². The molecule has 7 heteroatoms. The van der Waals surface area contributed by atoms with Gasteiger partial charge in [-0.05, 0) is 47.7 Å². The Bertz CT molecular complexity index is 1190. The molecule has 1 atom stereocenters. The van der Waals surface area contributed by atoms with E-state index in [1.807, 2.05) is 48.5 Å². The van der Waals surface area contributed by atoms with Crippen LogP contribution >= 0.6 is 23.4 Å². The lowest BCUT2D eigenvalue weighted by Gasteiger charge is -2.32. The molecular formula is C30H32ClFN2O2S. The SMILES string of the molecule is O=C(NC1CCCC1)[C@H](Cc1ccccc1)N(Cc1cccc(Cl)c1)C(=O)CSCc1ccccc1F. The molecular weight excluding hydrogens is 507 g/mol. The van der Waals surface area contributed by atoms with E-state index in [0.717, 1.165) is 36.8 Å². The van der Waals surface area contributed by atoms with Gasteiger partial charge >= 0.3 is 0 Å². The van der Waals surface area contributed by atoms with Crippen molar-refractivity contribution in [3.63, 3.8) is 0 Å². The van der Waals surface area contributed by atoms with Gasteiger partial charge < -0.3 is 10.2 Å². The molecule has 0 heterocycles. The number of hydrogen-bond acceptors (Lipinski definition) is 3. The van der Waals surface area contributed by atoms with Crippen LogP contribution in [0.15, 0.2) is 78.9 Å². The molecule has 1 aliphatic carbocycles. The van der Waals surface area contributed by atoms with Crippen LogP contribution in [-0.4, -0.2) is 34.6 Å². The number of amides is 2. The highest BCUT2D eigenvalue weighted by Gasteiger charge is 2.32. The first-order valence-corrected chi connectivity index (χ1v) is 14.2. The van der Waals surface area contributed by atoms with Crippen LogP contribution in [0.5, 0.6) is 0 Å². The maximum Gasteiger partial charge on any atom is 0.243 e. The fourth-order valence-corrected chi connectivity index (χ4v) is 5.81. The average molecular weight is 539 g/mol. The van der Waals surface area contributed by atoms with Gasteiger partial charge in [0, 0.05) is 29.8 Å². The molecule has 0 bridgehead atoms. The summed E-state index contributed by atoms with van der Waals surface area (Å²) < 4.78 is 14.1. The zero-order valence-corrected chi connectivity index (χ0v) is 22.3. The second-order valence-electron chi connectivity index (χ2n) is 9.43. The molecule has 1 N–H and O–H groups in total. The first-order chi connectivity index (χ1) is 18.0. The van der Waals surface area contributed by atoms with Crippen molar-refractivity contribution in [1.29, 1.82) is 0 Å². The number of hydrogen-bond donors (Lipinski definition) is 1. The summed E-state index contributed by atoms with van der Waals surface area (Å²) in [6, 6.07) is 23.2. The largest absolute Gasteiger partial charge is 0.352 e. The molecule has 0 spiro atoms. The first-order valence-electron chi connectivity index (χ1n) is 12.7. The van der Waals surface area contributed by atoms with Gasteiger partial charge in [-0.1, -0.05) is 85.1 Å². The van der Waals surface area contributed by atoms with E-state index in [2.05, 4.69) is 5.32 Å². The van der Waals surface area contributed by atoms with Crippen LogP contribution in [0.1, 0.15) is 42.4 Å². The van der Waals surface area contributed by atoms with Crippen molar-refractivity contribution in [2.24, 2.45) is 0 Å². The van der Waals surface area contributed by atoms with E-state index >= 15 is 0 Å². The van der Waals surface area contributed by atoms with Gasteiger partial charge in [-0.3, -0.25) is 9.59 Å². The summed E-state index contributed by atoms with van der Waals surface area (Å²) in [7, 11) is 0. The predicted molar refractivity (Wildman–Crippen MR) is 149 cm³/mol. The zero-order chi connectivity index (χ0) is 26.0. The molecule has 1 aliphatic rings. The number of carbonyl (C=O) groups excluding carboxylic acids is 2. The number of benzene rings is 3. The second kappa shape index (κ2) is 13.6. The highest BCUT2D eigenvalue weighted by Crippen LogP contribution is 2.22. The number of thioether (sulfide) groups is 1. The van der Waals surface area contributed by atoms with Crippen molar-refractivity contribution in [2.45, 2.75) is 56.5 Å². The highest BCUT2D eigenvalue weighted by molar-refractivity contribution is 7.99. The molecule has 1 fully saturated rings. The quantitative estimate of drug-likeness (QED) is 0.307. The number of nitrogens with one attached hydrogen (secondary N) is 1. The van der Waals surface area contributed by atoms with Crippen LogP contribution in [0.25, 0.3) is 0 Å². The van der Waals surface area contributed by atoms with Crippen LogP contribution in [0, 0.1) is 5.82 Å². The molecule has 194 valence electrons. The van der Waals surface area contributed by atoms with E-state index in [0.29, 0.717) is 22.8 Å². The van der Waals surface area contributed by atoms with Gasteiger partial charge in [0.2, 0.25) is 11.8 Å². The Balaban J connectivity index is 1.57. The van der Waals surface area contributed by atoms with Crippen molar-refractivity contribution in [1.82, 2.24) is 10.2 Å². The molecule has 4 rings (SSSR count). The number of halogens is 2. The monoisotopic (exact) mass is 538 g/mol. The van der Waals surface area contributed by atoms with Crippen LogP contribution in [-0.2, 0) is 28.3 Å². The van der Waals surface area contributed by atoms with Crippen molar-refractivity contribution >= 4 is 35.2 Å². The molecule has 0 unspecified atom stereocenters. The Hall–Kier alpha value is -2.83. The van der Waals surface area contributed by atoms with Gasteiger partial charge in [0.1, 0.15) is 11.9 Å². The standard InChI is InChI=1S/C30H32ClFN2O2S/c31-25-13-8-11-23(17-25)19-34(29(35)21-37-20-24-12-4-7-16-27(24)32)28(18-22-9-2-1-3-10-22)30(36)33-26-14-5-6-15-26/h1-4,7-13,16-17,26,28H,5-6,14-15,18-21H2,(H,33,36)/t28-/m0/s1. The van der Waals surface area contributed by atoms with Gasteiger partial charge in [-0.25, -0.2) is 4.39 Å². The minimum Gasteiger partial charge on any atom is -0.352 e. The minimum absolute atomic E-state index is 0.134. The summed E-state index contributed by atoms with van der Waals surface area (Å²) in [6.45, 7) is 0.259. The molecule has 1 saturated carbocycles. The second-order valence-corrected chi connectivity index (χ2v) is 10.9. The van der Waals surface area contributed by atoms with Gasteiger partial charge in [0.05, 0.1) is 5.75 Å². The van der Waals surface area contributed by atoms with Gasteiger partial charge in [-0.15, -0.1) is 11.8 Å². The van der Waals surface area contributed by atoms with Crippen LogP contribution in [0.3, 0.4) is 0 Å². The molecule has 2 amide bonds. The summed E-state index contributed by atoms with van der Waals surface area (Å²) in [6.07, 6.45) is 4.54. The lowest BCUT2D eigenvalue weighted by Crippen LogP contribution is -2.52. The lowest BCUT2D eigenvalue weighted by molar-refractivity contribution is -0.139. The van der Waals surface area contributed by atoms with E-state index in [1.54, 1.807) is 29.2 Å². The van der Waals surface area contributed by atoms with Crippen LogP contribution < -0.4 is 5.32 Å². The normalized spacial score (nSPS) is 14.3. The minimum atomic E-state index is -0.677. The van der Waals surface area contributed by atoms with Crippen molar-refractivity contribution in [2.75, 3.05) is 5.75 Å². The van der Waals surface area contributed by atoms with E-state index in [9.17, 15) is 14.0 Å².